The van der Waals surface area contributed by atoms with E-state index in [9.17, 15) is 0 Å². The fourth-order valence-electron chi connectivity index (χ4n) is 3.88. The Balaban J connectivity index is 1.52. The van der Waals surface area contributed by atoms with Gasteiger partial charge in [-0.15, -0.1) is 0 Å². The Morgan fingerprint density at radius 3 is 2.46 bits per heavy atom. The van der Waals surface area contributed by atoms with Gasteiger partial charge in [0, 0.05) is 70.0 Å². The zero-order valence-electron chi connectivity index (χ0n) is 17.6. The molecule has 7 heteroatoms. The number of nitrogens with one attached hydrogen (secondary N) is 1. The van der Waals surface area contributed by atoms with E-state index < -0.39 is 0 Å². The summed E-state index contributed by atoms with van der Waals surface area (Å²) in [7, 11) is 4.42. The molecule has 1 aromatic carbocycles. The molecule has 0 radical (unpaired) electrons. The summed E-state index contributed by atoms with van der Waals surface area (Å²) >= 11 is 5.99. The Morgan fingerprint density at radius 1 is 1.07 bits per heavy atom. The summed E-state index contributed by atoms with van der Waals surface area (Å²) in [6, 6.07) is 8.69. The van der Waals surface area contributed by atoms with E-state index in [-0.39, 0.29) is 0 Å². The predicted octanol–water partition coefficient (Wildman–Crippen LogP) is 1.67. The van der Waals surface area contributed by atoms with Crippen molar-refractivity contribution in [3.8, 4) is 0 Å². The lowest BCUT2D eigenvalue weighted by atomic mass is 10.2. The molecule has 2 saturated heterocycles. The highest BCUT2D eigenvalue weighted by molar-refractivity contribution is 6.30. The highest BCUT2D eigenvalue weighted by Crippen LogP contribution is 2.13. The number of piperazine rings is 2. The van der Waals surface area contributed by atoms with Crippen LogP contribution in [-0.4, -0.2) is 105 Å². The quantitative estimate of drug-likeness (QED) is 0.594. The molecule has 0 amide bonds. The Morgan fingerprint density at radius 2 is 1.79 bits per heavy atom. The lowest BCUT2D eigenvalue weighted by Crippen LogP contribution is -2.54. The summed E-state index contributed by atoms with van der Waals surface area (Å²) in [5.41, 5.74) is 1.32. The van der Waals surface area contributed by atoms with E-state index in [0.717, 1.165) is 76.4 Å². The first-order valence-corrected chi connectivity index (χ1v) is 10.8. The number of guanidine groups is 1. The van der Waals surface area contributed by atoms with Crippen molar-refractivity contribution in [3.63, 3.8) is 0 Å². The van der Waals surface area contributed by atoms with E-state index in [1.165, 1.54) is 5.56 Å². The normalized spacial score (nSPS) is 23.2. The lowest BCUT2D eigenvalue weighted by molar-refractivity contribution is 0.119. The standard InChI is InChI=1S/C21H35ClN6/c1-4-23-21(24-15-20-17-25(2)9-10-26(20)3)28-13-11-27(12-14-28)16-18-5-7-19(22)8-6-18/h5-8,20H,4,9-17H2,1-3H3,(H,23,24). The predicted molar refractivity (Wildman–Crippen MR) is 118 cm³/mol. The molecule has 2 heterocycles. The van der Waals surface area contributed by atoms with Crippen LogP contribution in [-0.2, 0) is 6.54 Å². The number of rotatable bonds is 5. The molecule has 1 unspecified atom stereocenters. The topological polar surface area (TPSA) is 37.4 Å². The van der Waals surface area contributed by atoms with Gasteiger partial charge in [0.05, 0.1) is 6.54 Å². The molecule has 3 rings (SSSR count). The van der Waals surface area contributed by atoms with Crippen LogP contribution in [0.2, 0.25) is 5.02 Å². The number of benzene rings is 1. The fraction of sp³-hybridized carbons (Fsp3) is 0.667. The van der Waals surface area contributed by atoms with Crippen molar-refractivity contribution >= 4 is 17.6 Å². The highest BCUT2D eigenvalue weighted by Gasteiger charge is 2.23. The monoisotopic (exact) mass is 406 g/mol. The lowest BCUT2D eigenvalue weighted by Gasteiger charge is -2.38. The summed E-state index contributed by atoms with van der Waals surface area (Å²) in [6.45, 7) is 12.4. The summed E-state index contributed by atoms with van der Waals surface area (Å²) < 4.78 is 0. The number of nitrogens with zero attached hydrogens (tertiary/aromatic N) is 5. The van der Waals surface area contributed by atoms with Gasteiger partial charge in [0.1, 0.15) is 0 Å². The Labute approximate surface area is 175 Å². The van der Waals surface area contributed by atoms with Crippen molar-refractivity contribution in [2.75, 3.05) is 73.0 Å². The van der Waals surface area contributed by atoms with Crippen LogP contribution in [0.3, 0.4) is 0 Å². The van der Waals surface area contributed by atoms with Crippen LogP contribution in [0.5, 0.6) is 0 Å². The minimum atomic E-state index is 0.499. The van der Waals surface area contributed by atoms with Crippen molar-refractivity contribution in [2.24, 2.45) is 4.99 Å². The van der Waals surface area contributed by atoms with Gasteiger partial charge in [-0.1, -0.05) is 23.7 Å². The minimum Gasteiger partial charge on any atom is -0.357 e. The zero-order valence-corrected chi connectivity index (χ0v) is 18.3. The summed E-state index contributed by atoms with van der Waals surface area (Å²) in [4.78, 5) is 14.8. The van der Waals surface area contributed by atoms with Crippen LogP contribution >= 0.6 is 11.6 Å². The average molecular weight is 407 g/mol. The molecule has 2 fully saturated rings. The van der Waals surface area contributed by atoms with E-state index >= 15 is 0 Å². The smallest absolute Gasteiger partial charge is 0.194 e. The van der Waals surface area contributed by atoms with Crippen LogP contribution in [0.4, 0.5) is 0 Å². The van der Waals surface area contributed by atoms with Crippen LogP contribution in [0.25, 0.3) is 0 Å². The van der Waals surface area contributed by atoms with Crippen LogP contribution in [0.1, 0.15) is 12.5 Å². The van der Waals surface area contributed by atoms with Crippen LogP contribution < -0.4 is 5.32 Å². The first-order chi connectivity index (χ1) is 13.5. The third-order valence-electron chi connectivity index (χ3n) is 5.76. The van der Waals surface area contributed by atoms with Gasteiger partial charge in [-0.05, 0) is 38.7 Å². The molecule has 0 saturated carbocycles. The molecule has 0 aliphatic carbocycles. The molecule has 0 spiro atoms. The summed E-state index contributed by atoms with van der Waals surface area (Å²) in [5.74, 6) is 1.07. The maximum atomic E-state index is 5.99. The molecule has 0 aromatic heterocycles. The van der Waals surface area contributed by atoms with E-state index in [0.29, 0.717) is 6.04 Å². The second-order valence-electron chi connectivity index (χ2n) is 7.98. The number of hydrogen-bond donors (Lipinski definition) is 1. The Kier molecular flexibility index (Phi) is 7.97. The van der Waals surface area contributed by atoms with Crippen molar-refractivity contribution in [1.29, 1.82) is 0 Å². The second-order valence-corrected chi connectivity index (χ2v) is 8.42. The third-order valence-corrected chi connectivity index (χ3v) is 6.01. The van der Waals surface area contributed by atoms with Crippen molar-refractivity contribution < 1.29 is 0 Å². The van der Waals surface area contributed by atoms with Gasteiger partial charge in [-0.25, -0.2) is 0 Å². The van der Waals surface area contributed by atoms with Gasteiger partial charge >= 0.3 is 0 Å². The first kappa shape index (κ1) is 21.4. The second kappa shape index (κ2) is 10.4. The van der Waals surface area contributed by atoms with Crippen LogP contribution in [0, 0.1) is 0 Å². The number of aliphatic imine (C=N–C) groups is 1. The average Bonchev–Trinajstić information content (AvgIpc) is 2.70. The van der Waals surface area contributed by atoms with Crippen molar-refractivity contribution in [1.82, 2.24) is 24.9 Å². The van der Waals surface area contributed by atoms with E-state index in [1.54, 1.807) is 0 Å². The molecule has 156 valence electrons. The van der Waals surface area contributed by atoms with Gasteiger partial charge in [0.2, 0.25) is 0 Å². The first-order valence-electron chi connectivity index (χ1n) is 10.4. The molecular formula is C21H35ClN6. The van der Waals surface area contributed by atoms with Gasteiger partial charge in [0.15, 0.2) is 5.96 Å². The van der Waals surface area contributed by atoms with Gasteiger partial charge < -0.3 is 15.1 Å². The van der Waals surface area contributed by atoms with E-state index in [1.807, 2.05) is 12.1 Å². The van der Waals surface area contributed by atoms with Gasteiger partial charge in [-0.2, -0.15) is 0 Å². The SMILES string of the molecule is CCNC(=NCC1CN(C)CCN1C)N1CCN(Cc2ccc(Cl)cc2)CC1. The molecule has 6 nitrogen and oxygen atoms in total. The van der Waals surface area contributed by atoms with Gasteiger partial charge in [0.25, 0.3) is 0 Å². The third kappa shape index (κ3) is 6.08. The molecule has 1 aromatic rings. The molecule has 28 heavy (non-hydrogen) atoms. The summed E-state index contributed by atoms with van der Waals surface area (Å²) in [6.07, 6.45) is 0. The maximum Gasteiger partial charge on any atom is 0.194 e. The molecule has 1 N–H and O–H groups in total. The van der Waals surface area contributed by atoms with Crippen molar-refractivity contribution in [3.05, 3.63) is 34.9 Å². The highest BCUT2D eigenvalue weighted by atomic mass is 35.5. The minimum absolute atomic E-state index is 0.499. The molecule has 2 aliphatic rings. The van der Waals surface area contributed by atoms with Crippen molar-refractivity contribution in [2.45, 2.75) is 19.5 Å². The molecule has 0 bridgehead atoms. The number of likely N-dealkylation sites (N-methyl/N-ethyl adjacent to an activating group) is 2. The number of hydrogen-bond acceptors (Lipinski definition) is 4. The Bertz CT molecular complexity index is 626. The van der Waals surface area contributed by atoms with E-state index in [4.69, 9.17) is 16.6 Å². The largest absolute Gasteiger partial charge is 0.357 e. The maximum absolute atomic E-state index is 5.99. The number of halogens is 1. The molecule has 2 aliphatic heterocycles. The van der Waals surface area contributed by atoms with E-state index in [2.05, 4.69) is 58.1 Å². The summed E-state index contributed by atoms with van der Waals surface area (Å²) in [5, 5.41) is 4.30. The Hall–Kier alpha value is -1.34. The van der Waals surface area contributed by atoms with Crippen LogP contribution in [0.15, 0.2) is 29.3 Å². The fourth-order valence-corrected chi connectivity index (χ4v) is 4.01. The zero-order chi connectivity index (χ0) is 19.9. The van der Waals surface area contributed by atoms with Gasteiger partial charge in [-0.3, -0.25) is 14.8 Å². The molecular weight excluding hydrogens is 372 g/mol. The molecule has 1 atom stereocenters.